The van der Waals surface area contributed by atoms with E-state index in [0.717, 1.165) is 19.6 Å². The summed E-state index contributed by atoms with van der Waals surface area (Å²) in [5.74, 6) is 1.21. The van der Waals surface area contributed by atoms with E-state index in [2.05, 4.69) is 50.4 Å². The van der Waals surface area contributed by atoms with Crippen LogP contribution in [0.25, 0.3) is 0 Å². The van der Waals surface area contributed by atoms with Crippen molar-refractivity contribution in [2.75, 3.05) is 25.4 Å². The number of hydrogen-bond acceptors (Lipinski definition) is 4. The fourth-order valence-corrected chi connectivity index (χ4v) is 4.90. The highest BCUT2D eigenvalue weighted by molar-refractivity contribution is 8.00. The van der Waals surface area contributed by atoms with Gasteiger partial charge in [-0.2, -0.15) is 11.8 Å². The molecule has 0 radical (unpaired) electrons. The van der Waals surface area contributed by atoms with E-state index < -0.39 is 0 Å². The Balaban J connectivity index is 2.16. The standard InChI is InChI=1S/C15H26N2S2/c1-11-9-13(12(2)19-11)14(10-16)17-6-5-15(3,4)18-8-7-17/h9,14H,5-8,10,16H2,1-4H3. The molecule has 1 aromatic rings. The third-order valence-corrected chi connectivity index (χ3v) is 6.33. The molecule has 1 aliphatic rings. The molecule has 0 amide bonds. The summed E-state index contributed by atoms with van der Waals surface area (Å²) in [6.45, 7) is 12.2. The SMILES string of the molecule is Cc1cc(C(CN)N2CCSC(C)(C)CC2)c(C)s1. The van der Waals surface area contributed by atoms with Gasteiger partial charge in [-0.1, -0.05) is 13.8 Å². The Kier molecular flexibility index (Phi) is 4.99. The summed E-state index contributed by atoms with van der Waals surface area (Å²) in [6.07, 6.45) is 1.25. The van der Waals surface area contributed by atoms with E-state index in [1.54, 1.807) is 0 Å². The van der Waals surface area contributed by atoms with Crippen LogP contribution in [0, 0.1) is 13.8 Å². The van der Waals surface area contributed by atoms with Crippen LogP contribution < -0.4 is 5.73 Å². The van der Waals surface area contributed by atoms with Gasteiger partial charge in [-0.25, -0.2) is 0 Å². The molecule has 2 heterocycles. The van der Waals surface area contributed by atoms with Crippen molar-refractivity contribution in [3.8, 4) is 0 Å². The van der Waals surface area contributed by atoms with E-state index in [-0.39, 0.29) is 0 Å². The monoisotopic (exact) mass is 298 g/mol. The predicted molar refractivity (Wildman–Crippen MR) is 88.3 cm³/mol. The van der Waals surface area contributed by atoms with Crippen LogP contribution in [0.1, 0.15) is 41.6 Å². The first kappa shape index (κ1) is 15.4. The lowest BCUT2D eigenvalue weighted by Crippen LogP contribution is -2.36. The second-order valence-electron chi connectivity index (χ2n) is 6.01. The second-order valence-corrected chi connectivity index (χ2v) is 9.28. The first-order chi connectivity index (χ1) is 8.93. The van der Waals surface area contributed by atoms with Gasteiger partial charge in [0.1, 0.15) is 0 Å². The molecule has 1 atom stereocenters. The Morgan fingerprint density at radius 2 is 2.11 bits per heavy atom. The van der Waals surface area contributed by atoms with Crippen LogP contribution in [0.5, 0.6) is 0 Å². The lowest BCUT2D eigenvalue weighted by Gasteiger charge is -2.30. The highest BCUT2D eigenvalue weighted by Crippen LogP contribution is 2.35. The Hall–Kier alpha value is -0.0300. The molecule has 2 N–H and O–H groups in total. The third kappa shape index (κ3) is 3.75. The van der Waals surface area contributed by atoms with E-state index in [1.807, 2.05) is 11.3 Å². The molecule has 0 spiro atoms. The van der Waals surface area contributed by atoms with Gasteiger partial charge in [-0.3, -0.25) is 4.90 Å². The maximum absolute atomic E-state index is 6.09. The molecule has 1 aromatic heterocycles. The highest BCUT2D eigenvalue weighted by Gasteiger charge is 2.28. The van der Waals surface area contributed by atoms with Gasteiger partial charge in [0.2, 0.25) is 0 Å². The molecule has 1 aliphatic heterocycles. The number of aryl methyl sites for hydroxylation is 2. The Bertz CT molecular complexity index is 426. The highest BCUT2D eigenvalue weighted by atomic mass is 32.2. The van der Waals surface area contributed by atoms with Crippen LogP contribution in [0.15, 0.2) is 6.07 Å². The van der Waals surface area contributed by atoms with Crippen LogP contribution in [0.3, 0.4) is 0 Å². The summed E-state index contributed by atoms with van der Waals surface area (Å²) < 4.78 is 0.410. The van der Waals surface area contributed by atoms with E-state index in [4.69, 9.17) is 5.73 Å². The van der Waals surface area contributed by atoms with Crippen LogP contribution in [-0.2, 0) is 0 Å². The van der Waals surface area contributed by atoms with Gasteiger partial charge in [-0.05, 0) is 31.9 Å². The Labute approximate surface area is 125 Å². The zero-order valence-electron chi connectivity index (χ0n) is 12.5. The smallest absolute Gasteiger partial charge is 0.0481 e. The van der Waals surface area contributed by atoms with Crippen molar-refractivity contribution in [1.82, 2.24) is 4.90 Å². The average molecular weight is 299 g/mol. The minimum atomic E-state index is 0.402. The van der Waals surface area contributed by atoms with E-state index in [0.29, 0.717) is 10.8 Å². The molecule has 1 fully saturated rings. The van der Waals surface area contributed by atoms with E-state index in [1.165, 1.54) is 27.5 Å². The fraction of sp³-hybridized carbons (Fsp3) is 0.733. The number of rotatable bonds is 3. The number of nitrogens with zero attached hydrogens (tertiary/aromatic N) is 1. The second kappa shape index (κ2) is 6.17. The summed E-state index contributed by atoms with van der Waals surface area (Å²) in [5, 5.41) is 0. The molecular weight excluding hydrogens is 272 g/mol. The maximum Gasteiger partial charge on any atom is 0.0481 e. The minimum absolute atomic E-state index is 0.402. The largest absolute Gasteiger partial charge is 0.329 e. The van der Waals surface area contributed by atoms with Gasteiger partial charge in [0.25, 0.3) is 0 Å². The van der Waals surface area contributed by atoms with Gasteiger partial charge in [0, 0.05) is 45.9 Å². The van der Waals surface area contributed by atoms with Gasteiger partial charge < -0.3 is 5.73 Å². The predicted octanol–water partition coefficient (Wildman–Crippen LogP) is 3.58. The zero-order chi connectivity index (χ0) is 14.0. The van der Waals surface area contributed by atoms with Crippen molar-refractivity contribution in [2.45, 2.75) is 44.9 Å². The molecule has 0 saturated carbocycles. The molecule has 0 aromatic carbocycles. The molecule has 1 unspecified atom stereocenters. The number of hydrogen-bond donors (Lipinski definition) is 1. The van der Waals surface area contributed by atoms with Crippen LogP contribution in [0.2, 0.25) is 0 Å². The third-order valence-electron chi connectivity index (χ3n) is 3.97. The molecule has 4 heteroatoms. The molecule has 0 bridgehead atoms. The molecule has 0 aliphatic carbocycles. The fourth-order valence-electron chi connectivity index (χ4n) is 2.80. The quantitative estimate of drug-likeness (QED) is 0.925. The topological polar surface area (TPSA) is 29.3 Å². The molecular formula is C15H26N2S2. The van der Waals surface area contributed by atoms with E-state index in [9.17, 15) is 0 Å². The summed E-state index contributed by atoms with van der Waals surface area (Å²) in [5.41, 5.74) is 7.54. The van der Waals surface area contributed by atoms with E-state index >= 15 is 0 Å². The van der Waals surface area contributed by atoms with Crippen molar-refractivity contribution in [3.05, 3.63) is 21.4 Å². The minimum Gasteiger partial charge on any atom is -0.329 e. The number of thioether (sulfide) groups is 1. The van der Waals surface area contributed by atoms with Gasteiger partial charge in [0.15, 0.2) is 0 Å². The van der Waals surface area contributed by atoms with Crippen LogP contribution >= 0.6 is 23.1 Å². The summed E-state index contributed by atoms with van der Waals surface area (Å²) in [7, 11) is 0. The van der Waals surface area contributed by atoms with Gasteiger partial charge >= 0.3 is 0 Å². The maximum atomic E-state index is 6.09. The lowest BCUT2D eigenvalue weighted by atomic mass is 10.0. The molecule has 19 heavy (non-hydrogen) atoms. The first-order valence-corrected chi connectivity index (χ1v) is 8.88. The first-order valence-electron chi connectivity index (χ1n) is 7.08. The molecule has 108 valence electrons. The van der Waals surface area contributed by atoms with Crippen LogP contribution in [0.4, 0.5) is 0 Å². The zero-order valence-corrected chi connectivity index (χ0v) is 14.2. The Morgan fingerprint density at radius 1 is 1.37 bits per heavy atom. The summed E-state index contributed by atoms with van der Waals surface area (Å²) in [4.78, 5) is 5.43. The number of nitrogens with two attached hydrogens (primary N) is 1. The summed E-state index contributed by atoms with van der Waals surface area (Å²) >= 11 is 3.99. The van der Waals surface area contributed by atoms with Crippen LogP contribution in [-0.4, -0.2) is 35.0 Å². The van der Waals surface area contributed by atoms with Crippen molar-refractivity contribution in [2.24, 2.45) is 5.73 Å². The van der Waals surface area contributed by atoms with Crippen molar-refractivity contribution < 1.29 is 0 Å². The van der Waals surface area contributed by atoms with Gasteiger partial charge in [-0.15, -0.1) is 11.3 Å². The lowest BCUT2D eigenvalue weighted by molar-refractivity contribution is 0.210. The van der Waals surface area contributed by atoms with Crippen molar-refractivity contribution >= 4 is 23.1 Å². The Morgan fingerprint density at radius 3 is 2.68 bits per heavy atom. The average Bonchev–Trinajstić information content (AvgIpc) is 2.55. The van der Waals surface area contributed by atoms with Crippen molar-refractivity contribution in [3.63, 3.8) is 0 Å². The summed E-state index contributed by atoms with van der Waals surface area (Å²) in [6, 6.07) is 2.74. The molecule has 1 saturated heterocycles. The van der Waals surface area contributed by atoms with Crippen molar-refractivity contribution in [1.29, 1.82) is 0 Å². The van der Waals surface area contributed by atoms with Gasteiger partial charge in [0.05, 0.1) is 0 Å². The molecule has 2 nitrogen and oxygen atoms in total. The normalized spacial score (nSPS) is 22.2. The molecule has 2 rings (SSSR count). The number of thiophene rings is 1.